The lowest BCUT2D eigenvalue weighted by Crippen LogP contribution is -2.30. The van der Waals surface area contributed by atoms with Gasteiger partial charge in [-0.25, -0.2) is 0 Å². The molecule has 1 N–H and O–H groups in total. The van der Waals surface area contributed by atoms with Crippen LogP contribution < -0.4 is 0 Å². The third kappa shape index (κ3) is 2.33. The first-order chi connectivity index (χ1) is 7.80. The summed E-state index contributed by atoms with van der Waals surface area (Å²) in [6.07, 6.45) is 3.83. The van der Waals surface area contributed by atoms with Crippen molar-refractivity contribution in [2.24, 2.45) is 17.8 Å². The van der Waals surface area contributed by atoms with Crippen LogP contribution in [0.15, 0.2) is 11.1 Å². The lowest BCUT2D eigenvalue weighted by Gasteiger charge is -2.29. The van der Waals surface area contributed by atoms with E-state index in [4.69, 9.17) is 0 Å². The first-order valence-electron chi connectivity index (χ1n) is 6.76. The first-order valence-corrected chi connectivity index (χ1v) is 6.76. The van der Waals surface area contributed by atoms with Gasteiger partial charge in [0, 0.05) is 6.42 Å². The summed E-state index contributed by atoms with van der Waals surface area (Å²) in [7, 11) is 0. The predicted octanol–water partition coefficient (Wildman–Crippen LogP) is 3.10. The minimum Gasteiger partial charge on any atom is -0.390 e. The molecule has 0 aromatic heterocycles. The van der Waals surface area contributed by atoms with Gasteiger partial charge in [0.05, 0.1) is 5.60 Å². The van der Waals surface area contributed by atoms with Crippen molar-refractivity contribution in [2.75, 3.05) is 0 Å². The molecule has 0 unspecified atom stereocenters. The third-order valence-electron chi connectivity index (χ3n) is 4.88. The predicted molar refractivity (Wildman–Crippen MR) is 68.6 cm³/mol. The number of Topliss-reactive ketones (excluding diaryl/α,β-unsaturated/α-hetero) is 1. The normalized spacial score (nSPS) is 34.9. The SMILES string of the molecule is CC1=C2C[C@H](C(C)(C)O)CC[C@H](C)[C@@H]2CC1=O. The molecule has 0 aromatic rings. The molecule has 0 heterocycles. The van der Waals surface area contributed by atoms with Gasteiger partial charge in [-0.2, -0.15) is 0 Å². The van der Waals surface area contributed by atoms with Crippen molar-refractivity contribution in [3.05, 3.63) is 11.1 Å². The number of ketones is 1. The number of hydrogen-bond donors (Lipinski definition) is 1. The average Bonchev–Trinajstić information content (AvgIpc) is 2.40. The van der Waals surface area contributed by atoms with Crippen molar-refractivity contribution >= 4 is 5.78 Å². The minimum absolute atomic E-state index is 0.297. The smallest absolute Gasteiger partial charge is 0.159 e. The maximum Gasteiger partial charge on any atom is 0.159 e. The van der Waals surface area contributed by atoms with Crippen LogP contribution in [0.4, 0.5) is 0 Å². The van der Waals surface area contributed by atoms with E-state index in [1.165, 1.54) is 5.57 Å². The van der Waals surface area contributed by atoms with Crippen molar-refractivity contribution < 1.29 is 9.90 Å². The van der Waals surface area contributed by atoms with Gasteiger partial charge in [0.1, 0.15) is 0 Å². The topological polar surface area (TPSA) is 37.3 Å². The van der Waals surface area contributed by atoms with Gasteiger partial charge >= 0.3 is 0 Å². The number of carbonyl (C=O) groups excluding carboxylic acids is 1. The van der Waals surface area contributed by atoms with E-state index in [-0.39, 0.29) is 0 Å². The second kappa shape index (κ2) is 4.24. The summed E-state index contributed by atoms with van der Waals surface area (Å²) in [6, 6.07) is 0. The molecule has 2 aliphatic rings. The van der Waals surface area contributed by atoms with E-state index in [0.717, 1.165) is 24.8 Å². The van der Waals surface area contributed by atoms with E-state index < -0.39 is 5.60 Å². The molecule has 0 aromatic carbocycles. The fraction of sp³-hybridized carbons (Fsp3) is 0.800. The summed E-state index contributed by atoms with van der Waals surface area (Å²) >= 11 is 0. The van der Waals surface area contributed by atoms with Gasteiger partial charge < -0.3 is 5.11 Å². The quantitative estimate of drug-likeness (QED) is 0.759. The molecule has 0 aliphatic heterocycles. The van der Waals surface area contributed by atoms with Gasteiger partial charge in [-0.15, -0.1) is 0 Å². The lowest BCUT2D eigenvalue weighted by molar-refractivity contribution is -0.115. The van der Waals surface area contributed by atoms with Gasteiger partial charge in [-0.1, -0.05) is 12.5 Å². The maximum absolute atomic E-state index is 11.8. The number of allylic oxidation sites excluding steroid dienone is 2. The molecule has 2 heteroatoms. The Kier molecular flexibility index (Phi) is 3.19. The first kappa shape index (κ1) is 12.8. The lowest BCUT2D eigenvalue weighted by atomic mass is 9.82. The summed E-state index contributed by atoms with van der Waals surface area (Å²) in [4.78, 5) is 11.8. The minimum atomic E-state index is -0.631. The Balaban J connectivity index is 2.31. The Morgan fingerprint density at radius 3 is 2.47 bits per heavy atom. The third-order valence-corrected chi connectivity index (χ3v) is 4.88. The molecule has 2 aliphatic carbocycles. The molecule has 2 rings (SSSR count). The highest BCUT2D eigenvalue weighted by atomic mass is 16.3. The Bertz CT molecular complexity index is 360. The zero-order chi connectivity index (χ0) is 12.8. The average molecular weight is 236 g/mol. The summed E-state index contributed by atoms with van der Waals surface area (Å²) in [5.41, 5.74) is 1.69. The second-order valence-electron chi connectivity index (χ2n) is 6.49. The Morgan fingerprint density at radius 1 is 1.24 bits per heavy atom. The van der Waals surface area contributed by atoms with E-state index in [9.17, 15) is 9.90 Å². The van der Waals surface area contributed by atoms with E-state index >= 15 is 0 Å². The monoisotopic (exact) mass is 236 g/mol. The molecule has 0 amide bonds. The summed E-state index contributed by atoms with van der Waals surface area (Å²) in [5.74, 6) is 1.66. The van der Waals surface area contributed by atoms with Crippen LogP contribution in [0.5, 0.6) is 0 Å². The Hall–Kier alpha value is -0.630. The molecule has 2 nitrogen and oxygen atoms in total. The van der Waals surface area contributed by atoms with Gasteiger partial charge in [0.2, 0.25) is 0 Å². The summed E-state index contributed by atoms with van der Waals surface area (Å²) < 4.78 is 0. The number of rotatable bonds is 1. The highest BCUT2D eigenvalue weighted by molar-refractivity contribution is 5.98. The molecule has 0 spiro atoms. The Morgan fingerprint density at radius 2 is 1.88 bits per heavy atom. The van der Waals surface area contributed by atoms with E-state index in [1.54, 1.807) is 0 Å². The van der Waals surface area contributed by atoms with Gasteiger partial charge in [-0.05, 0) is 63.4 Å². The van der Waals surface area contributed by atoms with Crippen LogP contribution in [0.3, 0.4) is 0 Å². The van der Waals surface area contributed by atoms with Crippen molar-refractivity contribution in [1.82, 2.24) is 0 Å². The van der Waals surface area contributed by atoms with E-state index in [2.05, 4.69) is 6.92 Å². The maximum atomic E-state index is 11.8. The van der Waals surface area contributed by atoms with Crippen molar-refractivity contribution in [3.8, 4) is 0 Å². The number of aliphatic hydroxyl groups is 1. The Labute approximate surface area is 104 Å². The van der Waals surface area contributed by atoms with Crippen LogP contribution in [0, 0.1) is 17.8 Å². The standard InChI is InChI=1S/C15H24O2/c1-9-5-6-11(15(3,4)17)7-13-10(2)14(16)8-12(9)13/h9,11-12,17H,5-8H2,1-4H3/t9-,11+,12-/m0/s1. The van der Waals surface area contributed by atoms with E-state index in [0.29, 0.717) is 30.0 Å². The van der Waals surface area contributed by atoms with Gasteiger partial charge in [0.15, 0.2) is 5.78 Å². The van der Waals surface area contributed by atoms with Crippen LogP contribution in [0.1, 0.15) is 53.4 Å². The molecular weight excluding hydrogens is 212 g/mol. The second-order valence-corrected chi connectivity index (χ2v) is 6.49. The van der Waals surface area contributed by atoms with E-state index in [1.807, 2.05) is 20.8 Å². The highest BCUT2D eigenvalue weighted by Crippen LogP contribution is 2.45. The fourth-order valence-corrected chi connectivity index (χ4v) is 3.42. The van der Waals surface area contributed by atoms with Crippen LogP contribution in [0.25, 0.3) is 0 Å². The largest absolute Gasteiger partial charge is 0.390 e. The zero-order valence-corrected chi connectivity index (χ0v) is 11.4. The van der Waals surface area contributed by atoms with Crippen LogP contribution in [-0.4, -0.2) is 16.5 Å². The molecule has 96 valence electrons. The number of carbonyl (C=O) groups is 1. The molecule has 1 fully saturated rings. The summed E-state index contributed by atoms with van der Waals surface area (Å²) in [6.45, 7) is 8.02. The molecule has 3 atom stereocenters. The van der Waals surface area contributed by atoms with Gasteiger partial charge in [-0.3, -0.25) is 4.79 Å². The molecule has 17 heavy (non-hydrogen) atoms. The fourth-order valence-electron chi connectivity index (χ4n) is 3.42. The number of hydrogen-bond acceptors (Lipinski definition) is 2. The summed E-state index contributed by atoms with van der Waals surface area (Å²) in [5, 5.41) is 10.2. The van der Waals surface area contributed by atoms with Crippen molar-refractivity contribution in [1.29, 1.82) is 0 Å². The molecule has 0 bridgehead atoms. The molecule has 0 radical (unpaired) electrons. The van der Waals surface area contributed by atoms with Crippen LogP contribution in [0.2, 0.25) is 0 Å². The molecular formula is C15H24O2. The molecule has 1 saturated carbocycles. The van der Waals surface area contributed by atoms with Crippen LogP contribution >= 0.6 is 0 Å². The van der Waals surface area contributed by atoms with Gasteiger partial charge in [0.25, 0.3) is 0 Å². The number of fused-ring (bicyclic) bond motifs is 1. The van der Waals surface area contributed by atoms with Crippen molar-refractivity contribution in [2.45, 2.75) is 59.0 Å². The molecule has 0 saturated heterocycles. The van der Waals surface area contributed by atoms with Crippen LogP contribution in [-0.2, 0) is 4.79 Å². The highest BCUT2D eigenvalue weighted by Gasteiger charge is 2.39. The zero-order valence-electron chi connectivity index (χ0n) is 11.4. The van der Waals surface area contributed by atoms with Crippen molar-refractivity contribution in [3.63, 3.8) is 0 Å².